The van der Waals surface area contributed by atoms with Crippen molar-refractivity contribution in [1.29, 1.82) is 0 Å². The minimum absolute atomic E-state index is 0.171. The molecule has 0 amide bonds. The van der Waals surface area contributed by atoms with Gasteiger partial charge in [-0.1, -0.05) is 29.3 Å². The number of hydrogen-bond donors (Lipinski definition) is 0. The van der Waals surface area contributed by atoms with E-state index in [1.165, 1.54) is 35.5 Å². The first kappa shape index (κ1) is 14.1. The molecular formula is C15H12ClFOS. The predicted octanol–water partition coefficient (Wildman–Crippen LogP) is 4.76. The lowest BCUT2D eigenvalue weighted by Crippen LogP contribution is -2.03. The number of carbonyl (C=O) groups is 1. The fourth-order valence-electron chi connectivity index (χ4n) is 1.57. The highest BCUT2D eigenvalue weighted by molar-refractivity contribution is 8.00. The van der Waals surface area contributed by atoms with Crippen molar-refractivity contribution in [3.8, 4) is 0 Å². The minimum atomic E-state index is -0.451. The number of Topliss-reactive ketones (excluding diaryl/α,β-unsaturated/α-hetero) is 1. The molecule has 19 heavy (non-hydrogen) atoms. The van der Waals surface area contributed by atoms with Crippen LogP contribution in [0.15, 0.2) is 47.4 Å². The van der Waals surface area contributed by atoms with Crippen molar-refractivity contribution in [3.05, 3.63) is 64.4 Å². The third-order valence-electron chi connectivity index (χ3n) is 2.62. The van der Waals surface area contributed by atoms with Gasteiger partial charge < -0.3 is 0 Å². The molecule has 2 aromatic carbocycles. The first-order chi connectivity index (χ1) is 9.06. The Bertz CT molecular complexity index is 596. The summed E-state index contributed by atoms with van der Waals surface area (Å²) in [4.78, 5) is 13.0. The molecule has 0 radical (unpaired) electrons. The minimum Gasteiger partial charge on any atom is -0.293 e. The Labute approximate surface area is 120 Å². The van der Waals surface area contributed by atoms with Crippen molar-refractivity contribution in [2.45, 2.75) is 11.8 Å². The van der Waals surface area contributed by atoms with E-state index in [-0.39, 0.29) is 22.1 Å². The second kappa shape index (κ2) is 6.22. The molecule has 0 fully saturated rings. The van der Waals surface area contributed by atoms with Gasteiger partial charge in [0.05, 0.1) is 10.8 Å². The number of aryl methyl sites for hydroxylation is 1. The van der Waals surface area contributed by atoms with Gasteiger partial charge in [-0.15, -0.1) is 11.8 Å². The summed E-state index contributed by atoms with van der Waals surface area (Å²) in [7, 11) is 0. The van der Waals surface area contributed by atoms with Gasteiger partial charge >= 0.3 is 0 Å². The molecular weight excluding hydrogens is 283 g/mol. The number of halogens is 2. The highest BCUT2D eigenvalue weighted by Crippen LogP contribution is 2.23. The van der Waals surface area contributed by atoms with Gasteiger partial charge in [-0.3, -0.25) is 4.79 Å². The molecule has 0 atom stereocenters. The monoisotopic (exact) mass is 294 g/mol. The Morgan fingerprint density at radius 3 is 2.58 bits per heavy atom. The molecule has 0 N–H and O–H groups in total. The zero-order valence-electron chi connectivity index (χ0n) is 10.3. The van der Waals surface area contributed by atoms with Crippen LogP contribution in [0.3, 0.4) is 0 Å². The van der Waals surface area contributed by atoms with Crippen LogP contribution in [0.5, 0.6) is 0 Å². The largest absolute Gasteiger partial charge is 0.293 e. The Balaban J connectivity index is 2.05. The van der Waals surface area contributed by atoms with Gasteiger partial charge in [0.2, 0.25) is 0 Å². The van der Waals surface area contributed by atoms with E-state index < -0.39 is 5.82 Å². The Hall–Kier alpha value is -1.32. The van der Waals surface area contributed by atoms with E-state index in [0.29, 0.717) is 0 Å². The normalized spacial score (nSPS) is 10.5. The van der Waals surface area contributed by atoms with E-state index in [1.807, 2.05) is 31.2 Å². The first-order valence-corrected chi connectivity index (χ1v) is 7.10. The summed E-state index contributed by atoms with van der Waals surface area (Å²) in [5.41, 5.74) is 1.41. The van der Waals surface area contributed by atoms with Gasteiger partial charge in [0.1, 0.15) is 5.82 Å². The molecule has 98 valence electrons. The summed E-state index contributed by atoms with van der Waals surface area (Å²) in [6.45, 7) is 2.01. The van der Waals surface area contributed by atoms with Crippen LogP contribution >= 0.6 is 23.4 Å². The average molecular weight is 295 g/mol. The summed E-state index contributed by atoms with van der Waals surface area (Å²) >= 11 is 7.31. The summed E-state index contributed by atoms with van der Waals surface area (Å²) in [6, 6.07) is 11.7. The topological polar surface area (TPSA) is 17.1 Å². The lowest BCUT2D eigenvalue weighted by Gasteiger charge is -2.04. The molecule has 1 nitrogen and oxygen atoms in total. The summed E-state index contributed by atoms with van der Waals surface area (Å²) in [5, 5.41) is 0.288. The van der Waals surface area contributed by atoms with Gasteiger partial charge in [0, 0.05) is 10.5 Å². The van der Waals surface area contributed by atoms with Gasteiger partial charge in [0.15, 0.2) is 5.78 Å². The average Bonchev–Trinajstić information content (AvgIpc) is 2.40. The van der Waals surface area contributed by atoms with Gasteiger partial charge in [-0.25, -0.2) is 4.39 Å². The van der Waals surface area contributed by atoms with Crippen LogP contribution < -0.4 is 0 Å². The van der Waals surface area contributed by atoms with E-state index in [9.17, 15) is 9.18 Å². The second-order valence-electron chi connectivity index (χ2n) is 4.15. The van der Waals surface area contributed by atoms with Crippen molar-refractivity contribution in [3.63, 3.8) is 0 Å². The number of hydrogen-bond acceptors (Lipinski definition) is 2. The van der Waals surface area contributed by atoms with E-state index in [1.54, 1.807) is 0 Å². The zero-order valence-corrected chi connectivity index (χ0v) is 11.9. The Morgan fingerprint density at radius 1 is 1.21 bits per heavy atom. The molecule has 0 bridgehead atoms. The second-order valence-corrected chi connectivity index (χ2v) is 5.61. The smallest absolute Gasteiger partial charge is 0.174 e. The van der Waals surface area contributed by atoms with Gasteiger partial charge in [-0.2, -0.15) is 0 Å². The maximum absolute atomic E-state index is 13.1. The van der Waals surface area contributed by atoms with Crippen molar-refractivity contribution < 1.29 is 9.18 Å². The highest BCUT2D eigenvalue weighted by atomic mass is 35.5. The van der Waals surface area contributed by atoms with Crippen LogP contribution in [0.2, 0.25) is 5.02 Å². The third kappa shape index (κ3) is 3.82. The molecule has 2 rings (SSSR count). The van der Waals surface area contributed by atoms with Crippen LogP contribution in [0.25, 0.3) is 0 Å². The van der Waals surface area contributed by atoms with Crippen molar-refractivity contribution in [2.75, 3.05) is 5.75 Å². The van der Waals surface area contributed by atoms with Crippen LogP contribution in [-0.2, 0) is 0 Å². The molecule has 0 spiro atoms. The number of rotatable bonds is 4. The lowest BCUT2D eigenvalue weighted by molar-refractivity contribution is 0.102. The maximum Gasteiger partial charge on any atom is 0.174 e. The quantitative estimate of drug-likeness (QED) is 0.597. The van der Waals surface area contributed by atoms with E-state index in [4.69, 9.17) is 11.6 Å². The number of ketones is 1. The molecule has 0 saturated heterocycles. The van der Waals surface area contributed by atoms with E-state index in [0.717, 1.165) is 4.90 Å². The van der Waals surface area contributed by atoms with Crippen LogP contribution in [0.1, 0.15) is 15.9 Å². The van der Waals surface area contributed by atoms with E-state index in [2.05, 4.69) is 0 Å². The molecule has 0 aliphatic heterocycles. The zero-order chi connectivity index (χ0) is 13.8. The Kier molecular flexibility index (Phi) is 4.61. The molecule has 0 saturated carbocycles. The molecule has 2 aromatic rings. The van der Waals surface area contributed by atoms with Gasteiger partial charge in [0.25, 0.3) is 0 Å². The molecule has 0 aliphatic rings. The number of benzene rings is 2. The highest BCUT2D eigenvalue weighted by Gasteiger charge is 2.11. The number of carbonyl (C=O) groups excluding carboxylic acids is 1. The predicted molar refractivity (Wildman–Crippen MR) is 77.6 cm³/mol. The van der Waals surface area contributed by atoms with Crippen LogP contribution in [0.4, 0.5) is 4.39 Å². The maximum atomic E-state index is 13.1. The van der Waals surface area contributed by atoms with Gasteiger partial charge in [-0.05, 0) is 37.3 Å². The van der Waals surface area contributed by atoms with Crippen molar-refractivity contribution in [2.24, 2.45) is 0 Å². The molecule has 0 heterocycles. The standard InChI is InChI=1S/C15H12ClFOS/c1-10-2-5-12(6-3-10)19-9-15(18)13-8-11(17)4-7-14(13)16/h2-8H,9H2,1H3. The molecule has 0 unspecified atom stereocenters. The summed E-state index contributed by atoms with van der Waals surface area (Å²) < 4.78 is 13.1. The van der Waals surface area contributed by atoms with Crippen LogP contribution in [-0.4, -0.2) is 11.5 Å². The lowest BCUT2D eigenvalue weighted by atomic mass is 10.1. The third-order valence-corrected chi connectivity index (χ3v) is 3.96. The van der Waals surface area contributed by atoms with E-state index >= 15 is 0 Å². The fraction of sp³-hybridized carbons (Fsp3) is 0.133. The summed E-state index contributed by atoms with van der Waals surface area (Å²) in [5.74, 6) is -0.380. The molecule has 4 heteroatoms. The molecule has 0 aliphatic carbocycles. The molecule has 0 aromatic heterocycles. The number of thioether (sulfide) groups is 1. The van der Waals surface area contributed by atoms with Crippen molar-refractivity contribution >= 4 is 29.1 Å². The summed E-state index contributed by atoms with van der Waals surface area (Å²) in [6.07, 6.45) is 0. The first-order valence-electron chi connectivity index (χ1n) is 5.74. The van der Waals surface area contributed by atoms with Crippen LogP contribution in [0, 0.1) is 12.7 Å². The fourth-order valence-corrected chi connectivity index (χ4v) is 2.58. The Morgan fingerprint density at radius 2 is 1.89 bits per heavy atom. The SMILES string of the molecule is Cc1ccc(SCC(=O)c2cc(F)ccc2Cl)cc1. The van der Waals surface area contributed by atoms with Crippen molar-refractivity contribution in [1.82, 2.24) is 0 Å².